The van der Waals surface area contributed by atoms with Gasteiger partial charge in [0.2, 0.25) is 0 Å². The van der Waals surface area contributed by atoms with Gasteiger partial charge >= 0.3 is 0 Å². The van der Waals surface area contributed by atoms with Gasteiger partial charge in [-0.1, -0.05) is 29.8 Å². The monoisotopic (exact) mass is 310 g/mol. The Bertz CT molecular complexity index is 764. The average molecular weight is 311 g/mol. The zero-order chi connectivity index (χ0) is 15.4. The lowest BCUT2D eigenvalue weighted by Crippen LogP contribution is -2.22. The van der Waals surface area contributed by atoms with Crippen molar-refractivity contribution in [2.75, 3.05) is 0 Å². The van der Waals surface area contributed by atoms with Crippen LogP contribution in [0.2, 0.25) is 5.02 Å². The molecule has 2 aromatic carbocycles. The largest absolute Gasteiger partial charge is 0.348 e. The Hall–Kier alpha value is -2.52. The molecule has 4 heteroatoms. The molecule has 3 nitrogen and oxygen atoms in total. The Labute approximate surface area is 134 Å². The first kappa shape index (κ1) is 14.4. The predicted octanol–water partition coefficient (Wildman–Crippen LogP) is 4.06. The van der Waals surface area contributed by atoms with Crippen molar-refractivity contribution >= 4 is 17.5 Å². The number of hydrogen-bond donors (Lipinski definition) is 1. The Kier molecular flexibility index (Phi) is 4.26. The summed E-state index contributed by atoms with van der Waals surface area (Å²) in [7, 11) is 0. The van der Waals surface area contributed by atoms with Crippen LogP contribution in [0.3, 0.4) is 0 Å². The minimum atomic E-state index is -0.128. The van der Waals surface area contributed by atoms with Crippen LogP contribution >= 0.6 is 11.6 Å². The molecule has 1 aromatic heterocycles. The Morgan fingerprint density at radius 3 is 2.41 bits per heavy atom. The van der Waals surface area contributed by atoms with E-state index < -0.39 is 0 Å². The molecular formula is C18H15ClN2O. The van der Waals surface area contributed by atoms with Gasteiger partial charge < -0.3 is 9.88 Å². The van der Waals surface area contributed by atoms with Crippen molar-refractivity contribution < 1.29 is 4.79 Å². The minimum Gasteiger partial charge on any atom is -0.348 e. The van der Waals surface area contributed by atoms with Gasteiger partial charge in [0.25, 0.3) is 5.91 Å². The van der Waals surface area contributed by atoms with Crippen LogP contribution < -0.4 is 5.32 Å². The van der Waals surface area contributed by atoms with Crippen LogP contribution in [-0.2, 0) is 6.54 Å². The first-order chi connectivity index (χ1) is 10.7. The zero-order valence-electron chi connectivity index (χ0n) is 11.9. The van der Waals surface area contributed by atoms with Crippen LogP contribution in [-0.4, -0.2) is 10.5 Å². The van der Waals surface area contributed by atoms with Crippen molar-refractivity contribution in [3.05, 3.63) is 89.2 Å². The van der Waals surface area contributed by atoms with Gasteiger partial charge in [-0.25, -0.2) is 0 Å². The molecule has 1 heterocycles. The SMILES string of the molecule is O=C(NCc1ccc(-n2cccc2)cc1)c1cccc(Cl)c1. The van der Waals surface area contributed by atoms with E-state index in [0.717, 1.165) is 11.3 Å². The number of halogens is 1. The topological polar surface area (TPSA) is 34.0 Å². The lowest BCUT2D eigenvalue weighted by molar-refractivity contribution is 0.0951. The molecule has 0 atom stereocenters. The second-order valence-electron chi connectivity index (χ2n) is 4.95. The maximum atomic E-state index is 12.1. The van der Waals surface area contributed by atoms with Crippen LogP contribution in [0.25, 0.3) is 5.69 Å². The van der Waals surface area contributed by atoms with Gasteiger partial charge in [-0.05, 0) is 48.0 Å². The lowest BCUT2D eigenvalue weighted by atomic mass is 10.2. The number of carbonyl (C=O) groups is 1. The maximum Gasteiger partial charge on any atom is 0.251 e. The molecule has 0 fully saturated rings. The highest BCUT2D eigenvalue weighted by Crippen LogP contribution is 2.12. The Morgan fingerprint density at radius 2 is 1.73 bits per heavy atom. The average Bonchev–Trinajstić information content (AvgIpc) is 3.07. The van der Waals surface area contributed by atoms with Crippen molar-refractivity contribution in [1.29, 1.82) is 0 Å². The van der Waals surface area contributed by atoms with Gasteiger partial charge in [0.1, 0.15) is 0 Å². The van der Waals surface area contributed by atoms with Crippen molar-refractivity contribution in [3.63, 3.8) is 0 Å². The minimum absolute atomic E-state index is 0.128. The molecule has 3 aromatic rings. The van der Waals surface area contributed by atoms with E-state index in [9.17, 15) is 4.79 Å². The number of amides is 1. The Morgan fingerprint density at radius 1 is 1.00 bits per heavy atom. The summed E-state index contributed by atoms with van der Waals surface area (Å²) < 4.78 is 2.04. The molecule has 0 unspecified atom stereocenters. The van der Waals surface area contributed by atoms with Crippen molar-refractivity contribution in [2.45, 2.75) is 6.54 Å². The summed E-state index contributed by atoms with van der Waals surface area (Å²) in [4.78, 5) is 12.1. The third-order valence-corrected chi connectivity index (χ3v) is 3.61. The Balaban J connectivity index is 1.63. The molecule has 0 spiro atoms. The second kappa shape index (κ2) is 6.50. The van der Waals surface area contributed by atoms with Crippen LogP contribution in [0.5, 0.6) is 0 Å². The number of hydrogen-bond acceptors (Lipinski definition) is 1. The van der Waals surface area contributed by atoms with E-state index >= 15 is 0 Å². The number of benzene rings is 2. The van der Waals surface area contributed by atoms with Crippen LogP contribution in [0, 0.1) is 0 Å². The fraction of sp³-hybridized carbons (Fsp3) is 0.0556. The first-order valence-corrected chi connectivity index (χ1v) is 7.36. The van der Waals surface area contributed by atoms with E-state index in [1.807, 2.05) is 53.4 Å². The quantitative estimate of drug-likeness (QED) is 0.774. The summed E-state index contributed by atoms with van der Waals surface area (Å²) in [6, 6.07) is 19.0. The van der Waals surface area contributed by atoms with Crippen LogP contribution in [0.15, 0.2) is 73.1 Å². The van der Waals surface area contributed by atoms with E-state index in [1.165, 1.54) is 0 Å². The highest BCUT2D eigenvalue weighted by Gasteiger charge is 2.05. The zero-order valence-corrected chi connectivity index (χ0v) is 12.6. The van der Waals surface area contributed by atoms with E-state index in [0.29, 0.717) is 17.1 Å². The molecule has 0 bridgehead atoms. The molecule has 22 heavy (non-hydrogen) atoms. The van der Waals surface area contributed by atoms with Gasteiger partial charge in [0, 0.05) is 35.2 Å². The van der Waals surface area contributed by atoms with Gasteiger partial charge in [-0.3, -0.25) is 4.79 Å². The van der Waals surface area contributed by atoms with Crippen LogP contribution in [0.1, 0.15) is 15.9 Å². The molecular weight excluding hydrogens is 296 g/mol. The fourth-order valence-electron chi connectivity index (χ4n) is 2.21. The highest BCUT2D eigenvalue weighted by atomic mass is 35.5. The van der Waals surface area contributed by atoms with E-state index in [4.69, 9.17) is 11.6 Å². The number of rotatable bonds is 4. The van der Waals surface area contributed by atoms with E-state index in [-0.39, 0.29) is 5.91 Å². The summed E-state index contributed by atoms with van der Waals surface area (Å²) in [6.45, 7) is 0.483. The third kappa shape index (κ3) is 3.38. The number of nitrogens with one attached hydrogen (secondary N) is 1. The first-order valence-electron chi connectivity index (χ1n) is 6.98. The molecule has 0 aliphatic carbocycles. The molecule has 0 aliphatic heterocycles. The smallest absolute Gasteiger partial charge is 0.251 e. The summed E-state index contributed by atoms with van der Waals surface area (Å²) in [5.41, 5.74) is 2.71. The molecule has 0 radical (unpaired) electrons. The molecule has 1 N–H and O–H groups in total. The standard InChI is InChI=1S/C18H15ClN2O/c19-16-5-3-4-15(12-16)18(22)20-13-14-6-8-17(9-7-14)21-10-1-2-11-21/h1-12H,13H2,(H,20,22). The molecule has 110 valence electrons. The van der Waals surface area contributed by atoms with Crippen molar-refractivity contribution in [1.82, 2.24) is 9.88 Å². The molecule has 0 saturated carbocycles. The summed E-state index contributed by atoms with van der Waals surface area (Å²) in [5, 5.41) is 3.45. The van der Waals surface area contributed by atoms with Gasteiger partial charge in [-0.2, -0.15) is 0 Å². The van der Waals surface area contributed by atoms with Crippen LogP contribution in [0.4, 0.5) is 0 Å². The number of aromatic nitrogens is 1. The maximum absolute atomic E-state index is 12.1. The predicted molar refractivity (Wildman–Crippen MR) is 88.4 cm³/mol. The van der Waals surface area contributed by atoms with Gasteiger partial charge in [0.05, 0.1) is 0 Å². The number of nitrogens with zero attached hydrogens (tertiary/aromatic N) is 1. The normalized spacial score (nSPS) is 10.4. The number of carbonyl (C=O) groups excluding carboxylic acids is 1. The summed E-state index contributed by atoms with van der Waals surface area (Å²) in [5.74, 6) is -0.128. The lowest BCUT2D eigenvalue weighted by Gasteiger charge is -2.07. The van der Waals surface area contributed by atoms with Gasteiger partial charge in [-0.15, -0.1) is 0 Å². The van der Waals surface area contributed by atoms with Gasteiger partial charge in [0.15, 0.2) is 0 Å². The van der Waals surface area contributed by atoms with E-state index in [2.05, 4.69) is 5.32 Å². The van der Waals surface area contributed by atoms with Crippen molar-refractivity contribution in [3.8, 4) is 5.69 Å². The van der Waals surface area contributed by atoms with E-state index in [1.54, 1.807) is 24.3 Å². The second-order valence-corrected chi connectivity index (χ2v) is 5.39. The molecule has 0 aliphatic rings. The summed E-state index contributed by atoms with van der Waals surface area (Å²) >= 11 is 5.89. The summed E-state index contributed by atoms with van der Waals surface area (Å²) in [6.07, 6.45) is 3.99. The fourth-order valence-corrected chi connectivity index (χ4v) is 2.40. The third-order valence-electron chi connectivity index (χ3n) is 3.38. The highest BCUT2D eigenvalue weighted by molar-refractivity contribution is 6.30. The van der Waals surface area contributed by atoms with Crippen molar-refractivity contribution in [2.24, 2.45) is 0 Å². The molecule has 0 saturated heterocycles. The molecule has 1 amide bonds. The molecule has 3 rings (SSSR count).